The summed E-state index contributed by atoms with van der Waals surface area (Å²) in [5.74, 6) is -0.474. The van der Waals surface area contributed by atoms with E-state index in [2.05, 4.69) is 19.8 Å². The van der Waals surface area contributed by atoms with Gasteiger partial charge in [0, 0.05) is 5.56 Å². The Balaban J connectivity index is 1.50. The smallest absolute Gasteiger partial charge is 0.387 e. The molecule has 4 rings (SSSR count). The molecule has 0 N–H and O–H groups in total. The number of carbonyl (C=O) groups excluding carboxylic acids is 1. The number of alkyl halides is 2. The third kappa shape index (κ3) is 4.28. The van der Waals surface area contributed by atoms with E-state index in [1.54, 1.807) is 23.0 Å². The SMILES string of the molecule is O=C(CSc1ncnc2c1cnn2-c1ccc(F)cc1)c1ccc(OC(F)F)cc1. The van der Waals surface area contributed by atoms with Gasteiger partial charge in [-0.1, -0.05) is 11.8 Å². The summed E-state index contributed by atoms with van der Waals surface area (Å²) in [6, 6.07) is 11.3. The normalized spacial score (nSPS) is 11.2. The summed E-state index contributed by atoms with van der Waals surface area (Å²) in [6.45, 7) is -2.92. The number of nitrogens with zero attached hydrogens (tertiary/aromatic N) is 4. The Labute approximate surface area is 172 Å². The second kappa shape index (κ2) is 8.54. The molecule has 2 aromatic heterocycles. The van der Waals surface area contributed by atoms with E-state index in [0.29, 0.717) is 27.3 Å². The molecule has 2 heterocycles. The van der Waals surface area contributed by atoms with Crippen LogP contribution in [0, 0.1) is 5.82 Å². The molecule has 0 saturated heterocycles. The van der Waals surface area contributed by atoms with Gasteiger partial charge in [-0.15, -0.1) is 0 Å². The molecule has 0 bridgehead atoms. The first-order valence-electron chi connectivity index (χ1n) is 8.67. The van der Waals surface area contributed by atoms with Crippen LogP contribution in [-0.2, 0) is 0 Å². The zero-order chi connectivity index (χ0) is 21.1. The van der Waals surface area contributed by atoms with E-state index in [1.165, 1.54) is 54.5 Å². The quantitative estimate of drug-likeness (QED) is 0.244. The van der Waals surface area contributed by atoms with Crippen LogP contribution in [0.2, 0.25) is 0 Å². The molecule has 0 spiro atoms. The van der Waals surface area contributed by atoms with E-state index in [1.807, 2.05) is 0 Å². The van der Waals surface area contributed by atoms with Crippen molar-refractivity contribution in [2.24, 2.45) is 0 Å². The zero-order valence-corrected chi connectivity index (χ0v) is 16.0. The maximum Gasteiger partial charge on any atom is 0.387 e. The molecule has 0 aliphatic rings. The van der Waals surface area contributed by atoms with Gasteiger partial charge in [-0.3, -0.25) is 4.79 Å². The molecule has 10 heteroatoms. The van der Waals surface area contributed by atoms with Gasteiger partial charge in [0.1, 0.15) is 22.9 Å². The Hall–Kier alpha value is -3.40. The molecule has 0 saturated carbocycles. The standard InChI is InChI=1S/C20H13F3N4O2S/c21-13-3-5-14(6-4-13)27-18-16(9-26-27)19(25-11-24-18)30-10-17(28)12-1-7-15(8-2-12)29-20(22)23/h1-9,11,20H,10H2. The molecular formula is C20H13F3N4O2S. The number of aromatic nitrogens is 4. The average molecular weight is 430 g/mol. The minimum absolute atomic E-state index is 0.0140. The average Bonchev–Trinajstić information content (AvgIpc) is 3.17. The molecule has 152 valence electrons. The van der Waals surface area contributed by atoms with Gasteiger partial charge in [-0.25, -0.2) is 19.0 Å². The van der Waals surface area contributed by atoms with Crippen LogP contribution in [0.5, 0.6) is 5.75 Å². The summed E-state index contributed by atoms with van der Waals surface area (Å²) < 4.78 is 43.4. The largest absolute Gasteiger partial charge is 0.435 e. The molecule has 0 atom stereocenters. The van der Waals surface area contributed by atoms with Gasteiger partial charge in [-0.2, -0.15) is 13.9 Å². The fourth-order valence-corrected chi connectivity index (χ4v) is 3.60. The molecule has 6 nitrogen and oxygen atoms in total. The summed E-state index contributed by atoms with van der Waals surface area (Å²) in [5, 5.41) is 5.51. The highest BCUT2D eigenvalue weighted by molar-refractivity contribution is 8.00. The Morgan fingerprint density at radius 3 is 2.50 bits per heavy atom. The van der Waals surface area contributed by atoms with Crippen LogP contribution < -0.4 is 4.74 Å². The first-order valence-corrected chi connectivity index (χ1v) is 9.65. The van der Waals surface area contributed by atoms with Crippen LogP contribution in [-0.4, -0.2) is 37.9 Å². The highest BCUT2D eigenvalue weighted by atomic mass is 32.2. The van der Waals surface area contributed by atoms with Crippen LogP contribution in [0.25, 0.3) is 16.7 Å². The van der Waals surface area contributed by atoms with Crippen molar-refractivity contribution in [3.05, 3.63) is 72.4 Å². The highest BCUT2D eigenvalue weighted by Crippen LogP contribution is 2.27. The van der Waals surface area contributed by atoms with Crippen molar-refractivity contribution >= 4 is 28.6 Å². The first kappa shape index (κ1) is 19.9. The summed E-state index contributed by atoms with van der Waals surface area (Å²) >= 11 is 1.21. The summed E-state index contributed by atoms with van der Waals surface area (Å²) in [4.78, 5) is 20.9. The van der Waals surface area contributed by atoms with E-state index in [0.717, 1.165) is 0 Å². The third-order valence-corrected chi connectivity index (χ3v) is 5.15. The number of thioether (sulfide) groups is 1. The maximum absolute atomic E-state index is 13.2. The van der Waals surface area contributed by atoms with E-state index in [9.17, 15) is 18.0 Å². The van der Waals surface area contributed by atoms with Gasteiger partial charge >= 0.3 is 6.61 Å². The number of ketones is 1. The molecule has 0 radical (unpaired) electrons. The number of fused-ring (bicyclic) bond motifs is 1. The second-order valence-corrected chi connectivity index (χ2v) is 7.03. The predicted octanol–water partition coefficient (Wildman–Crippen LogP) is 4.53. The second-order valence-electron chi connectivity index (χ2n) is 6.06. The van der Waals surface area contributed by atoms with E-state index in [-0.39, 0.29) is 23.1 Å². The fourth-order valence-electron chi connectivity index (χ4n) is 2.75. The lowest BCUT2D eigenvalue weighted by atomic mass is 10.1. The molecule has 4 aromatic rings. The molecule has 2 aromatic carbocycles. The van der Waals surface area contributed by atoms with Crippen LogP contribution in [0.3, 0.4) is 0 Å². The Bertz CT molecular complexity index is 1180. The Morgan fingerprint density at radius 2 is 1.80 bits per heavy atom. The number of hydrogen-bond donors (Lipinski definition) is 0. The number of hydrogen-bond acceptors (Lipinski definition) is 6. The van der Waals surface area contributed by atoms with Crippen LogP contribution >= 0.6 is 11.8 Å². The topological polar surface area (TPSA) is 69.9 Å². The predicted molar refractivity (Wildman–Crippen MR) is 105 cm³/mol. The number of carbonyl (C=O) groups is 1. The number of rotatable bonds is 7. The summed E-state index contributed by atoms with van der Waals surface area (Å²) in [7, 11) is 0. The molecule has 0 aliphatic carbocycles. The lowest BCUT2D eigenvalue weighted by Crippen LogP contribution is -2.05. The molecule has 0 fully saturated rings. The monoisotopic (exact) mass is 430 g/mol. The maximum atomic E-state index is 13.2. The minimum Gasteiger partial charge on any atom is -0.435 e. The zero-order valence-electron chi connectivity index (χ0n) is 15.2. The number of halogens is 3. The van der Waals surface area contributed by atoms with Crippen LogP contribution in [0.15, 0.2) is 66.1 Å². The molecule has 0 aliphatic heterocycles. The Kier molecular flexibility index (Phi) is 5.66. The lowest BCUT2D eigenvalue weighted by Gasteiger charge is -2.06. The van der Waals surface area contributed by atoms with Crippen LogP contribution in [0.1, 0.15) is 10.4 Å². The fraction of sp³-hybridized carbons (Fsp3) is 0.100. The van der Waals surface area contributed by atoms with Crippen LogP contribution in [0.4, 0.5) is 13.2 Å². The molecular weight excluding hydrogens is 417 g/mol. The van der Waals surface area contributed by atoms with Gasteiger partial charge in [0.25, 0.3) is 0 Å². The van der Waals surface area contributed by atoms with Crippen molar-refractivity contribution in [2.75, 3.05) is 5.75 Å². The first-order chi connectivity index (χ1) is 14.5. The number of ether oxygens (including phenoxy) is 1. The van der Waals surface area contributed by atoms with E-state index < -0.39 is 6.61 Å². The number of Topliss-reactive ketones (excluding diaryl/α,β-unsaturated/α-hetero) is 1. The van der Waals surface area contributed by atoms with E-state index in [4.69, 9.17) is 0 Å². The summed E-state index contributed by atoms with van der Waals surface area (Å²) in [6.07, 6.45) is 2.95. The van der Waals surface area contributed by atoms with Crippen molar-refractivity contribution in [2.45, 2.75) is 11.6 Å². The van der Waals surface area contributed by atoms with Crippen molar-refractivity contribution < 1.29 is 22.7 Å². The Morgan fingerprint density at radius 1 is 1.07 bits per heavy atom. The highest BCUT2D eigenvalue weighted by Gasteiger charge is 2.14. The summed E-state index contributed by atoms with van der Waals surface area (Å²) in [5.41, 5.74) is 1.54. The number of benzene rings is 2. The minimum atomic E-state index is -2.92. The van der Waals surface area contributed by atoms with Gasteiger partial charge in [0.05, 0.1) is 23.0 Å². The molecule has 30 heavy (non-hydrogen) atoms. The van der Waals surface area contributed by atoms with Crippen molar-refractivity contribution in [1.29, 1.82) is 0 Å². The van der Waals surface area contributed by atoms with Crippen molar-refractivity contribution in [3.8, 4) is 11.4 Å². The van der Waals surface area contributed by atoms with Gasteiger partial charge < -0.3 is 4.74 Å². The molecule has 0 unspecified atom stereocenters. The van der Waals surface area contributed by atoms with Crippen molar-refractivity contribution in [3.63, 3.8) is 0 Å². The van der Waals surface area contributed by atoms with Crippen molar-refractivity contribution in [1.82, 2.24) is 19.7 Å². The van der Waals surface area contributed by atoms with Gasteiger partial charge in [-0.05, 0) is 48.5 Å². The lowest BCUT2D eigenvalue weighted by molar-refractivity contribution is -0.0498. The van der Waals surface area contributed by atoms with E-state index >= 15 is 0 Å². The third-order valence-electron chi connectivity index (χ3n) is 4.14. The van der Waals surface area contributed by atoms with Gasteiger partial charge in [0.15, 0.2) is 11.4 Å². The molecule has 0 amide bonds. The van der Waals surface area contributed by atoms with Gasteiger partial charge in [0.2, 0.25) is 0 Å².